The van der Waals surface area contributed by atoms with E-state index in [1.54, 1.807) is 4.90 Å². The molecule has 1 atom stereocenters. The van der Waals surface area contributed by atoms with Crippen LogP contribution in [0.1, 0.15) is 74.9 Å². The third-order valence-corrected chi connectivity index (χ3v) is 7.12. The fourth-order valence-corrected chi connectivity index (χ4v) is 5.08. The van der Waals surface area contributed by atoms with Crippen molar-refractivity contribution in [1.82, 2.24) is 19.5 Å². The van der Waals surface area contributed by atoms with Crippen molar-refractivity contribution in [3.8, 4) is 0 Å². The number of likely N-dealkylation sites (tertiary alicyclic amines) is 1. The summed E-state index contributed by atoms with van der Waals surface area (Å²) in [5, 5.41) is 4.82. The first-order chi connectivity index (χ1) is 14.1. The zero-order valence-electron chi connectivity index (χ0n) is 17.7. The van der Waals surface area contributed by atoms with Crippen molar-refractivity contribution >= 4 is 12.1 Å². The second kappa shape index (κ2) is 7.54. The maximum atomic E-state index is 13.0. The Bertz CT molecular complexity index is 928. The lowest BCUT2D eigenvalue weighted by atomic mass is 9.71. The van der Waals surface area contributed by atoms with Gasteiger partial charge in [-0.1, -0.05) is 13.8 Å². The van der Waals surface area contributed by atoms with E-state index in [4.69, 9.17) is 5.10 Å². The Morgan fingerprint density at radius 2 is 1.87 bits per heavy atom. The average molecular weight is 422 g/mol. The van der Waals surface area contributed by atoms with Crippen LogP contribution < -0.4 is 0 Å². The van der Waals surface area contributed by atoms with Gasteiger partial charge in [-0.3, -0.25) is 4.79 Å². The summed E-state index contributed by atoms with van der Waals surface area (Å²) < 4.78 is 40.9. The van der Waals surface area contributed by atoms with Crippen LogP contribution in [0, 0.1) is 18.3 Å². The molecule has 1 aliphatic carbocycles. The molecule has 2 fully saturated rings. The molecule has 164 valence electrons. The van der Waals surface area contributed by atoms with Crippen molar-refractivity contribution in [2.75, 3.05) is 13.1 Å². The van der Waals surface area contributed by atoms with Gasteiger partial charge in [-0.25, -0.2) is 9.50 Å². The Hall–Kier alpha value is -2.12. The number of halogens is 3. The lowest BCUT2D eigenvalue weighted by Gasteiger charge is -2.42. The lowest BCUT2D eigenvalue weighted by Crippen LogP contribution is -2.43. The Morgan fingerprint density at radius 3 is 2.50 bits per heavy atom. The smallest absolute Gasteiger partial charge is 0.345 e. The van der Waals surface area contributed by atoms with Gasteiger partial charge in [0, 0.05) is 36.7 Å². The first-order valence-electron chi connectivity index (χ1n) is 10.7. The normalized spacial score (nSPS) is 27.4. The SMILES string of the molecule is Cc1cc(C2CN(C=O)CCC2(C)C)n2nc(C3CCC(C(F)(F)F)CC3)cc2n1. The number of carbonyl (C=O) groups is 1. The van der Waals surface area contributed by atoms with Crippen LogP contribution in [0.4, 0.5) is 13.2 Å². The maximum Gasteiger partial charge on any atom is 0.391 e. The highest BCUT2D eigenvalue weighted by Crippen LogP contribution is 2.44. The van der Waals surface area contributed by atoms with Gasteiger partial charge in [0.05, 0.1) is 17.3 Å². The highest BCUT2D eigenvalue weighted by molar-refractivity contribution is 5.48. The molecule has 0 N–H and O–H groups in total. The summed E-state index contributed by atoms with van der Waals surface area (Å²) in [5.41, 5.74) is 3.46. The van der Waals surface area contributed by atoms with Crippen LogP contribution in [0.3, 0.4) is 0 Å². The molecule has 3 heterocycles. The number of carbonyl (C=O) groups excluding carboxylic acids is 1. The highest BCUT2D eigenvalue weighted by Gasteiger charge is 2.42. The zero-order valence-corrected chi connectivity index (χ0v) is 17.7. The largest absolute Gasteiger partial charge is 0.391 e. The number of aromatic nitrogens is 3. The predicted molar refractivity (Wildman–Crippen MR) is 107 cm³/mol. The van der Waals surface area contributed by atoms with E-state index in [9.17, 15) is 18.0 Å². The highest BCUT2D eigenvalue weighted by atomic mass is 19.4. The van der Waals surface area contributed by atoms with Gasteiger partial charge >= 0.3 is 6.18 Å². The number of fused-ring (bicyclic) bond motifs is 1. The molecule has 2 aliphatic rings. The molecule has 4 rings (SSSR count). The molecule has 0 spiro atoms. The average Bonchev–Trinajstić information content (AvgIpc) is 3.11. The van der Waals surface area contributed by atoms with Crippen molar-refractivity contribution in [1.29, 1.82) is 0 Å². The summed E-state index contributed by atoms with van der Waals surface area (Å²) in [6.07, 6.45) is -0.994. The molecule has 0 bridgehead atoms. The van der Waals surface area contributed by atoms with Crippen LogP contribution in [0.25, 0.3) is 5.65 Å². The number of alkyl halides is 3. The molecule has 1 unspecified atom stereocenters. The molecule has 5 nitrogen and oxygen atoms in total. The second-order valence-corrected chi connectivity index (χ2v) is 9.64. The third-order valence-electron chi connectivity index (χ3n) is 7.12. The fourth-order valence-electron chi connectivity index (χ4n) is 5.08. The molecular formula is C22H29F3N4O. The fraction of sp³-hybridized carbons (Fsp3) is 0.682. The number of amides is 1. The standard InChI is InChI=1S/C22H29F3N4O/c1-14-10-19(17-12-28(13-30)9-8-21(17,2)3)29-20(26-14)11-18(27-29)15-4-6-16(7-5-15)22(23,24)25/h10-11,13,15-17H,4-9,12H2,1-3H3. The van der Waals surface area contributed by atoms with Crippen LogP contribution in [-0.2, 0) is 4.79 Å². The lowest BCUT2D eigenvalue weighted by molar-refractivity contribution is -0.182. The van der Waals surface area contributed by atoms with Crippen LogP contribution in [0.5, 0.6) is 0 Å². The van der Waals surface area contributed by atoms with E-state index < -0.39 is 12.1 Å². The summed E-state index contributed by atoms with van der Waals surface area (Å²) in [5.74, 6) is -1.06. The van der Waals surface area contributed by atoms with Gasteiger partial charge in [0.1, 0.15) is 0 Å². The Kier molecular flexibility index (Phi) is 5.31. The minimum Gasteiger partial charge on any atom is -0.345 e. The molecule has 8 heteroatoms. The predicted octanol–water partition coefficient (Wildman–Crippen LogP) is 4.85. The number of nitrogens with zero attached hydrogens (tertiary/aromatic N) is 4. The summed E-state index contributed by atoms with van der Waals surface area (Å²) >= 11 is 0. The second-order valence-electron chi connectivity index (χ2n) is 9.64. The molecular weight excluding hydrogens is 393 g/mol. The monoisotopic (exact) mass is 422 g/mol. The molecule has 2 aromatic rings. The van der Waals surface area contributed by atoms with Crippen molar-refractivity contribution in [2.24, 2.45) is 11.3 Å². The van der Waals surface area contributed by atoms with E-state index >= 15 is 0 Å². The molecule has 0 radical (unpaired) electrons. The maximum absolute atomic E-state index is 13.0. The first kappa shape index (κ1) is 21.1. The first-order valence-corrected chi connectivity index (χ1v) is 10.7. The van der Waals surface area contributed by atoms with E-state index in [1.165, 1.54) is 0 Å². The van der Waals surface area contributed by atoms with Crippen molar-refractivity contribution < 1.29 is 18.0 Å². The summed E-state index contributed by atoms with van der Waals surface area (Å²) in [6.45, 7) is 7.74. The summed E-state index contributed by atoms with van der Waals surface area (Å²) in [4.78, 5) is 17.8. The Morgan fingerprint density at radius 1 is 1.17 bits per heavy atom. The van der Waals surface area contributed by atoms with E-state index in [0.717, 1.165) is 42.1 Å². The zero-order chi connectivity index (χ0) is 21.7. The molecule has 0 aromatic carbocycles. The number of piperidine rings is 1. The van der Waals surface area contributed by atoms with E-state index in [0.29, 0.717) is 19.4 Å². The van der Waals surface area contributed by atoms with Crippen molar-refractivity contribution in [2.45, 2.75) is 70.9 Å². The quantitative estimate of drug-likeness (QED) is 0.665. The van der Waals surface area contributed by atoms with Gasteiger partial charge in [0.25, 0.3) is 0 Å². The number of aryl methyl sites for hydroxylation is 1. The summed E-state index contributed by atoms with van der Waals surface area (Å²) in [6, 6.07) is 3.97. The molecule has 1 aliphatic heterocycles. The van der Waals surface area contributed by atoms with Crippen molar-refractivity contribution in [3.63, 3.8) is 0 Å². The van der Waals surface area contributed by atoms with Gasteiger partial charge < -0.3 is 4.90 Å². The van der Waals surface area contributed by atoms with Crippen LogP contribution in [0.15, 0.2) is 12.1 Å². The summed E-state index contributed by atoms with van der Waals surface area (Å²) in [7, 11) is 0. The third kappa shape index (κ3) is 3.93. The van der Waals surface area contributed by atoms with Crippen LogP contribution in [0.2, 0.25) is 0 Å². The molecule has 1 amide bonds. The van der Waals surface area contributed by atoms with E-state index in [2.05, 4.69) is 18.8 Å². The van der Waals surface area contributed by atoms with E-state index in [1.807, 2.05) is 23.6 Å². The van der Waals surface area contributed by atoms with Gasteiger partial charge in [-0.15, -0.1) is 0 Å². The molecule has 2 aromatic heterocycles. The molecule has 1 saturated heterocycles. The number of rotatable bonds is 3. The van der Waals surface area contributed by atoms with Gasteiger partial charge in [0.15, 0.2) is 5.65 Å². The van der Waals surface area contributed by atoms with Gasteiger partial charge in [-0.2, -0.15) is 18.3 Å². The Balaban J connectivity index is 1.66. The molecule has 30 heavy (non-hydrogen) atoms. The van der Waals surface area contributed by atoms with E-state index in [-0.39, 0.29) is 30.1 Å². The van der Waals surface area contributed by atoms with Gasteiger partial charge in [0.2, 0.25) is 6.41 Å². The molecule has 1 saturated carbocycles. The van der Waals surface area contributed by atoms with Crippen LogP contribution >= 0.6 is 0 Å². The van der Waals surface area contributed by atoms with Crippen molar-refractivity contribution in [3.05, 3.63) is 29.2 Å². The minimum absolute atomic E-state index is 0.00286. The number of hydrogen-bond donors (Lipinski definition) is 0. The Labute approximate surface area is 174 Å². The van der Waals surface area contributed by atoms with Gasteiger partial charge in [-0.05, 0) is 50.5 Å². The number of hydrogen-bond acceptors (Lipinski definition) is 3. The van der Waals surface area contributed by atoms with Crippen LogP contribution in [-0.4, -0.2) is 45.2 Å². The topological polar surface area (TPSA) is 50.5 Å². The minimum atomic E-state index is -4.10.